The highest BCUT2D eigenvalue weighted by Crippen LogP contribution is 2.26. The minimum atomic E-state index is -3.24. The van der Waals surface area contributed by atoms with Gasteiger partial charge in [0.15, 0.2) is 20.7 Å². The van der Waals surface area contributed by atoms with Crippen molar-refractivity contribution in [2.24, 2.45) is 0 Å². The van der Waals surface area contributed by atoms with Crippen molar-refractivity contribution in [2.75, 3.05) is 6.26 Å². The monoisotopic (exact) mass is 324 g/mol. The van der Waals surface area contributed by atoms with Crippen molar-refractivity contribution in [3.05, 3.63) is 41.7 Å². The molecule has 0 saturated heterocycles. The third kappa shape index (κ3) is 4.02. The molecule has 0 aliphatic heterocycles. The molecule has 0 radical (unpaired) electrons. The van der Waals surface area contributed by atoms with Gasteiger partial charge >= 0.3 is 5.97 Å². The van der Waals surface area contributed by atoms with Gasteiger partial charge in [-0.3, -0.25) is 0 Å². The second kappa shape index (κ2) is 5.82. The first-order valence-corrected chi connectivity index (χ1v) is 8.53. The second-order valence-electron chi connectivity index (χ2n) is 4.33. The number of rotatable bonds is 4. The molecule has 0 aliphatic rings. The zero-order valence-electron chi connectivity index (χ0n) is 11.3. The van der Waals surface area contributed by atoms with E-state index < -0.39 is 15.8 Å². The summed E-state index contributed by atoms with van der Waals surface area (Å²) >= 11 is 1.17. The molecule has 1 aromatic carbocycles. The van der Waals surface area contributed by atoms with Crippen LogP contribution in [0.15, 0.2) is 45.3 Å². The van der Waals surface area contributed by atoms with Crippen LogP contribution in [0.2, 0.25) is 0 Å². The van der Waals surface area contributed by atoms with Crippen LogP contribution in [0.3, 0.4) is 0 Å². The van der Waals surface area contributed by atoms with Crippen LogP contribution in [0.4, 0.5) is 0 Å². The average Bonchev–Trinajstić information content (AvgIpc) is 2.37. The van der Waals surface area contributed by atoms with Crippen molar-refractivity contribution >= 4 is 27.6 Å². The van der Waals surface area contributed by atoms with Crippen LogP contribution in [-0.4, -0.2) is 35.7 Å². The van der Waals surface area contributed by atoms with Crippen LogP contribution in [0.25, 0.3) is 0 Å². The Morgan fingerprint density at radius 2 is 1.81 bits per heavy atom. The molecule has 0 spiro atoms. The molecule has 0 atom stereocenters. The number of hydrogen-bond donors (Lipinski definition) is 1. The van der Waals surface area contributed by atoms with Gasteiger partial charge in [0.25, 0.3) is 0 Å². The zero-order chi connectivity index (χ0) is 15.6. The molecule has 2 rings (SSSR count). The normalized spacial score (nSPS) is 11.3. The van der Waals surface area contributed by atoms with Crippen LogP contribution in [-0.2, 0) is 9.84 Å². The summed E-state index contributed by atoms with van der Waals surface area (Å²) in [4.78, 5) is 20.0. The molecular formula is C13H12N2O4S2. The Bertz CT molecular complexity index is 786. The fourth-order valence-corrected chi connectivity index (χ4v) is 3.00. The Hall–Kier alpha value is -1.93. The molecule has 0 amide bonds. The summed E-state index contributed by atoms with van der Waals surface area (Å²) in [6.45, 7) is 1.69. The van der Waals surface area contributed by atoms with E-state index in [0.29, 0.717) is 10.9 Å². The van der Waals surface area contributed by atoms with Gasteiger partial charge in [-0.15, -0.1) is 0 Å². The summed E-state index contributed by atoms with van der Waals surface area (Å²) in [5.41, 5.74) is 0.482. The van der Waals surface area contributed by atoms with Crippen LogP contribution in [0.1, 0.15) is 16.2 Å². The van der Waals surface area contributed by atoms with Crippen LogP contribution in [0, 0.1) is 6.92 Å². The summed E-state index contributed by atoms with van der Waals surface area (Å²) < 4.78 is 22.7. The van der Waals surface area contributed by atoms with E-state index in [0.717, 1.165) is 11.2 Å². The van der Waals surface area contributed by atoms with E-state index >= 15 is 0 Å². The largest absolute Gasteiger partial charge is 0.477 e. The highest BCUT2D eigenvalue weighted by molar-refractivity contribution is 7.99. The molecule has 0 fully saturated rings. The number of carboxylic acid groups (broad SMARTS) is 1. The van der Waals surface area contributed by atoms with Crippen molar-refractivity contribution in [1.82, 2.24) is 9.97 Å². The maximum absolute atomic E-state index is 11.4. The number of aromatic carboxylic acids is 1. The first-order valence-electron chi connectivity index (χ1n) is 5.82. The van der Waals surface area contributed by atoms with Gasteiger partial charge in [0, 0.05) is 16.8 Å². The number of carbonyl (C=O) groups is 1. The molecular weight excluding hydrogens is 312 g/mol. The number of aromatic nitrogens is 2. The standard InChI is InChI=1S/C13H12N2O4S2/c1-8-7-11(12(16)17)15-13(14-8)20-9-3-5-10(6-4-9)21(2,18)19/h3-7H,1-2H3,(H,16,17). The van der Waals surface area contributed by atoms with Gasteiger partial charge in [-0.2, -0.15) is 0 Å². The van der Waals surface area contributed by atoms with Gasteiger partial charge in [0.05, 0.1) is 4.90 Å². The van der Waals surface area contributed by atoms with E-state index in [1.54, 1.807) is 19.1 Å². The molecule has 1 aromatic heterocycles. The van der Waals surface area contributed by atoms with Crippen molar-refractivity contribution in [3.8, 4) is 0 Å². The Balaban J connectivity index is 2.28. The van der Waals surface area contributed by atoms with Gasteiger partial charge in [0.1, 0.15) is 0 Å². The minimum Gasteiger partial charge on any atom is -0.477 e. The van der Waals surface area contributed by atoms with Crippen LogP contribution >= 0.6 is 11.8 Å². The Kier molecular flexibility index (Phi) is 4.29. The predicted octanol–water partition coefficient (Wildman–Crippen LogP) is 2.04. The van der Waals surface area contributed by atoms with E-state index in [-0.39, 0.29) is 10.6 Å². The van der Waals surface area contributed by atoms with Crippen molar-refractivity contribution < 1.29 is 18.3 Å². The molecule has 8 heteroatoms. The summed E-state index contributed by atoms with van der Waals surface area (Å²) in [5.74, 6) is -1.12. The SMILES string of the molecule is Cc1cc(C(=O)O)nc(Sc2ccc(S(C)(=O)=O)cc2)n1. The van der Waals surface area contributed by atoms with Crippen molar-refractivity contribution in [3.63, 3.8) is 0 Å². The third-order valence-corrected chi connectivity index (χ3v) is 4.52. The summed E-state index contributed by atoms with van der Waals surface area (Å²) in [6, 6.07) is 7.64. The molecule has 0 unspecified atom stereocenters. The Morgan fingerprint density at radius 1 is 1.19 bits per heavy atom. The Labute approximate surface area is 126 Å². The molecule has 110 valence electrons. The molecule has 0 aliphatic carbocycles. The van der Waals surface area contributed by atoms with E-state index in [9.17, 15) is 13.2 Å². The summed E-state index contributed by atoms with van der Waals surface area (Å²) in [6.07, 6.45) is 1.14. The topological polar surface area (TPSA) is 97.2 Å². The predicted molar refractivity (Wildman–Crippen MR) is 77.4 cm³/mol. The number of aryl methyl sites for hydroxylation is 1. The smallest absolute Gasteiger partial charge is 0.354 e. The first kappa shape index (κ1) is 15.5. The zero-order valence-corrected chi connectivity index (χ0v) is 12.9. The fraction of sp³-hybridized carbons (Fsp3) is 0.154. The number of carboxylic acids is 1. The van der Waals surface area contributed by atoms with Crippen molar-refractivity contribution in [2.45, 2.75) is 21.9 Å². The fourth-order valence-electron chi connectivity index (χ4n) is 1.56. The lowest BCUT2D eigenvalue weighted by Crippen LogP contribution is -2.03. The van der Waals surface area contributed by atoms with Crippen LogP contribution < -0.4 is 0 Å². The van der Waals surface area contributed by atoms with E-state index in [1.807, 2.05) is 0 Å². The second-order valence-corrected chi connectivity index (χ2v) is 7.38. The molecule has 2 aromatic rings. The molecule has 1 heterocycles. The number of sulfone groups is 1. The van der Waals surface area contributed by atoms with E-state index in [1.165, 1.54) is 30.0 Å². The maximum Gasteiger partial charge on any atom is 0.354 e. The van der Waals surface area contributed by atoms with Gasteiger partial charge in [-0.05, 0) is 49.0 Å². The molecule has 6 nitrogen and oxygen atoms in total. The number of hydrogen-bond acceptors (Lipinski definition) is 6. The summed E-state index contributed by atoms with van der Waals surface area (Å²) in [7, 11) is -3.24. The molecule has 0 bridgehead atoms. The van der Waals surface area contributed by atoms with Gasteiger partial charge in [-0.25, -0.2) is 23.2 Å². The highest BCUT2D eigenvalue weighted by Gasteiger charge is 2.11. The molecule has 1 N–H and O–H groups in total. The molecule has 21 heavy (non-hydrogen) atoms. The highest BCUT2D eigenvalue weighted by atomic mass is 32.2. The van der Waals surface area contributed by atoms with Gasteiger partial charge < -0.3 is 5.11 Å². The lowest BCUT2D eigenvalue weighted by molar-refractivity contribution is 0.0689. The number of benzene rings is 1. The molecule has 0 saturated carbocycles. The quantitative estimate of drug-likeness (QED) is 0.859. The number of nitrogens with zero attached hydrogens (tertiary/aromatic N) is 2. The van der Waals surface area contributed by atoms with Crippen molar-refractivity contribution in [1.29, 1.82) is 0 Å². The van der Waals surface area contributed by atoms with E-state index in [4.69, 9.17) is 5.11 Å². The first-order chi connectivity index (χ1) is 9.75. The van der Waals surface area contributed by atoms with Crippen LogP contribution in [0.5, 0.6) is 0 Å². The lowest BCUT2D eigenvalue weighted by Gasteiger charge is -2.04. The van der Waals surface area contributed by atoms with E-state index in [2.05, 4.69) is 9.97 Å². The average molecular weight is 324 g/mol. The lowest BCUT2D eigenvalue weighted by atomic mass is 10.3. The van der Waals surface area contributed by atoms with Gasteiger partial charge in [-0.1, -0.05) is 0 Å². The minimum absolute atomic E-state index is 0.0715. The van der Waals surface area contributed by atoms with Gasteiger partial charge in [0.2, 0.25) is 0 Å². The third-order valence-electron chi connectivity index (χ3n) is 2.51. The Morgan fingerprint density at radius 3 is 2.33 bits per heavy atom. The maximum atomic E-state index is 11.4. The summed E-state index contributed by atoms with van der Waals surface area (Å²) in [5, 5.41) is 9.26.